The van der Waals surface area contributed by atoms with E-state index in [0.29, 0.717) is 23.8 Å². The first-order valence-electron chi connectivity index (χ1n) is 8.12. The zero-order chi connectivity index (χ0) is 15.8. The smallest absolute Gasteiger partial charge is 0.211 e. The molecule has 0 amide bonds. The first-order chi connectivity index (χ1) is 10.7. The van der Waals surface area contributed by atoms with Gasteiger partial charge in [-0.2, -0.15) is 5.26 Å². The topological polar surface area (TPSA) is 23.8 Å². The number of benzene rings is 1. The summed E-state index contributed by atoms with van der Waals surface area (Å²) >= 11 is 0. The van der Waals surface area contributed by atoms with E-state index >= 15 is 0 Å². The van der Waals surface area contributed by atoms with E-state index in [0.717, 1.165) is 6.42 Å². The molecule has 1 aliphatic carbocycles. The highest BCUT2D eigenvalue weighted by molar-refractivity contribution is 5.33. The van der Waals surface area contributed by atoms with Crippen LogP contribution in [0.2, 0.25) is 0 Å². The van der Waals surface area contributed by atoms with Crippen LogP contribution in [-0.4, -0.2) is 6.43 Å². The van der Waals surface area contributed by atoms with Gasteiger partial charge in [0.1, 0.15) is 0 Å². The van der Waals surface area contributed by atoms with Crippen LogP contribution >= 0.6 is 0 Å². The normalized spacial score (nSPS) is 22.1. The Morgan fingerprint density at radius 1 is 1.09 bits per heavy atom. The van der Waals surface area contributed by atoms with Gasteiger partial charge in [-0.15, -0.1) is 0 Å². The van der Waals surface area contributed by atoms with Crippen molar-refractivity contribution in [2.75, 3.05) is 0 Å². The van der Waals surface area contributed by atoms with E-state index in [9.17, 15) is 8.78 Å². The number of hydrogen-bond acceptors (Lipinski definition) is 1. The van der Waals surface area contributed by atoms with Crippen molar-refractivity contribution in [1.82, 2.24) is 0 Å². The van der Waals surface area contributed by atoms with Gasteiger partial charge in [-0.05, 0) is 68.1 Å². The molecule has 1 nitrogen and oxygen atoms in total. The second-order valence-electron chi connectivity index (χ2n) is 6.13. The summed E-state index contributed by atoms with van der Waals surface area (Å²) in [6, 6.07) is 10.1. The molecule has 118 valence electrons. The van der Waals surface area contributed by atoms with Crippen LogP contribution in [-0.2, 0) is 0 Å². The highest BCUT2D eigenvalue weighted by Crippen LogP contribution is 2.37. The molecule has 1 aliphatic rings. The number of rotatable bonds is 6. The molecule has 1 aromatic rings. The van der Waals surface area contributed by atoms with Crippen LogP contribution in [0.5, 0.6) is 0 Å². The SMILES string of the molecule is N#Cc1ccc([C@H]2CC[C@H](C/C=C/CCC(F)F)CC2)cc1. The predicted molar refractivity (Wildman–Crippen MR) is 84.9 cm³/mol. The summed E-state index contributed by atoms with van der Waals surface area (Å²) in [4.78, 5) is 0. The maximum absolute atomic E-state index is 12.0. The van der Waals surface area contributed by atoms with E-state index in [2.05, 4.69) is 24.3 Å². The van der Waals surface area contributed by atoms with E-state index in [1.807, 2.05) is 18.2 Å². The maximum Gasteiger partial charge on any atom is 0.238 e. The standard InChI is InChI=1S/C19H23F2N/c20-19(21)5-3-1-2-4-15-6-10-17(11-7-15)18-12-8-16(14-22)9-13-18/h1-2,8-9,12-13,15,17,19H,3-7,10-11H2/b2-1+/t15-,17-. The molecule has 0 saturated heterocycles. The monoisotopic (exact) mass is 303 g/mol. The molecule has 0 bridgehead atoms. The van der Waals surface area contributed by atoms with Gasteiger partial charge >= 0.3 is 0 Å². The predicted octanol–water partition coefficient (Wildman–Crippen LogP) is 5.82. The van der Waals surface area contributed by atoms with Crippen LogP contribution in [0.15, 0.2) is 36.4 Å². The summed E-state index contributed by atoms with van der Waals surface area (Å²) < 4.78 is 24.0. The van der Waals surface area contributed by atoms with Crippen molar-refractivity contribution in [2.45, 2.75) is 57.3 Å². The molecule has 0 N–H and O–H groups in total. The van der Waals surface area contributed by atoms with Gasteiger partial charge in [-0.3, -0.25) is 0 Å². The van der Waals surface area contributed by atoms with Crippen molar-refractivity contribution in [1.29, 1.82) is 5.26 Å². The lowest BCUT2D eigenvalue weighted by Gasteiger charge is -2.28. The zero-order valence-electron chi connectivity index (χ0n) is 12.8. The van der Waals surface area contributed by atoms with Crippen molar-refractivity contribution in [2.24, 2.45) is 5.92 Å². The van der Waals surface area contributed by atoms with E-state index in [-0.39, 0.29) is 6.42 Å². The van der Waals surface area contributed by atoms with Crippen LogP contribution in [0.4, 0.5) is 8.78 Å². The maximum atomic E-state index is 12.0. The summed E-state index contributed by atoms with van der Waals surface area (Å²) in [6.45, 7) is 0. The van der Waals surface area contributed by atoms with Crippen molar-refractivity contribution < 1.29 is 8.78 Å². The molecule has 0 aromatic heterocycles. The average Bonchev–Trinajstić information content (AvgIpc) is 2.55. The van der Waals surface area contributed by atoms with Gasteiger partial charge in [0.2, 0.25) is 6.43 Å². The lowest BCUT2D eigenvalue weighted by Crippen LogP contribution is -2.12. The lowest BCUT2D eigenvalue weighted by molar-refractivity contribution is 0.139. The summed E-state index contributed by atoms with van der Waals surface area (Å²) in [5, 5.41) is 8.83. The van der Waals surface area contributed by atoms with E-state index in [1.165, 1.54) is 31.2 Å². The van der Waals surface area contributed by atoms with Crippen molar-refractivity contribution in [3.63, 3.8) is 0 Å². The quantitative estimate of drug-likeness (QED) is 0.607. The molecular weight excluding hydrogens is 280 g/mol. The first-order valence-corrected chi connectivity index (χ1v) is 8.12. The van der Waals surface area contributed by atoms with Gasteiger partial charge in [0.05, 0.1) is 11.6 Å². The Kier molecular flexibility index (Phi) is 6.58. The van der Waals surface area contributed by atoms with Gasteiger partial charge in [0, 0.05) is 6.42 Å². The molecule has 22 heavy (non-hydrogen) atoms. The highest BCUT2D eigenvalue weighted by atomic mass is 19.3. The van der Waals surface area contributed by atoms with E-state index in [1.54, 1.807) is 0 Å². The Labute approximate surface area is 131 Å². The Morgan fingerprint density at radius 3 is 2.36 bits per heavy atom. The van der Waals surface area contributed by atoms with Crippen LogP contribution in [0, 0.1) is 17.2 Å². The van der Waals surface area contributed by atoms with Gasteiger partial charge in [0.15, 0.2) is 0 Å². The van der Waals surface area contributed by atoms with Crippen LogP contribution in [0.3, 0.4) is 0 Å². The first kappa shape index (κ1) is 16.7. The van der Waals surface area contributed by atoms with Crippen molar-refractivity contribution in [3.05, 3.63) is 47.5 Å². The molecule has 0 spiro atoms. The minimum Gasteiger partial charge on any atom is -0.211 e. The van der Waals surface area contributed by atoms with E-state index < -0.39 is 6.43 Å². The summed E-state index contributed by atoms with van der Waals surface area (Å²) in [5.74, 6) is 1.30. The van der Waals surface area contributed by atoms with E-state index in [4.69, 9.17) is 5.26 Å². The third-order valence-corrected chi connectivity index (χ3v) is 4.55. The lowest BCUT2D eigenvalue weighted by atomic mass is 9.77. The third-order valence-electron chi connectivity index (χ3n) is 4.55. The average molecular weight is 303 g/mol. The van der Waals surface area contributed by atoms with Gasteiger partial charge in [-0.25, -0.2) is 8.78 Å². The van der Waals surface area contributed by atoms with Gasteiger partial charge in [-0.1, -0.05) is 24.3 Å². The largest absolute Gasteiger partial charge is 0.238 e. The molecular formula is C19H23F2N. The van der Waals surface area contributed by atoms with Crippen molar-refractivity contribution >= 4 is 0 Å². The number of halogens is 2. The molecule has 1 saturated carbocycles. The highest BCUT2D eigenvalue weighted by Gasteiger charge is 2.21. The summed E-state index contributed by atoms with van der Waals surface area (Å²) in [5.41, 5.74) is 2.05. The number of allylic oxidation sites excluding steroid dienone is 2. The third kappa shape index (κ3) is 5.26. The number of nitriles is 1. The van der Waals surface area contributed by atoms with Crippen LogP contribution in [0.1, 0.15) is 62.0 Å². The Morgan fingerprint density at radius 2 is 1.77 bits per heavy atom. The fraction of sp³-hybridized carbons (Fsp3) is 0.526. The fourth-order valence-electron chi connectivity index (χ4n) is 3.19. The molecule has 3 heteroatoms. The zero-order valence-corrected chi connectivity index (χ0v) is 12.8. The minimum absolute atomic E-state index is 0.0259. The van der Waals surface area contributed by atoms with Gasteiger partial charge < -0.3 is 0 Å². The number of hydrogen-bond donors (Lipinski definition) is 0. The molecule has 0 unspecified atom stereocenters. The van der Waals surface area contributed by atoms with Crippen LogP contribution < -0.4 is 0 Å². The second-order valence-corrected chi connectivity index (χ2v) is 6.13. The Hall–Kier alpha value is -1.69. The Bertz CT molecular complexity index is 505. The minimum atomic E-state index is -2.19. The second kappa shape index (κ2) is 8.68. The molecule has 0 radical (unpaired) electrons. The number of nitrogens with zero attached hydrogens (tertiary/aromatic N) is 1. The molecule has 0 aliphatic heterocycles. The summed E-state index contributed by atoms with van der Waals surface area (Å²) in [7, 11) is 0. The Balaban J connectivity index is 1.72. The molecule has 0 atom stereocenters. The molecule has 1 fully saturated rings. The molecule has 1 aromatic carbocycles. The fourth-order valence-corrected chi connectivity index (χ4v) is 3.19. The van der Waals surface area contributed by atoms with Crippen LogP contribution in [0.25, 0.3) is 0 Å². The number of alkyl halides is 2. The molecule has 0 heterocycles. The van der Waals surface area contributed by atoms with Crippen molar-refractivity contribution in [3.8, 4) is 6.07 Å². The summed E-state index contributed by atoms with van der Waals surface area (Å²) in [6.07, 6.45) is 8.03. The molecule has 2 rings (SSSR count). The van der Waals surface area contributed by atoms with Gasteiger partial charge in [0.25, 0.3) is 0 Å².